The van der Waals surface area contributed by atoms with E-state index in [9.17, 15) is 9.59 Å². The van der Waals surface area contributed by atoms with Crippen molar-refractivity contribution in [3.63, 3.8) is 0 Å². The van der Waals surface area contributed by atoms with Crippen LogP contribution in [0.5, 0.6) is 0 Å². The Labute approximate surface area is 102 Å². The molecule has 1 fully saturated rings. The van der Waals surface area contributed by atoms with E-state index in [1.165, 1.54) is 0 Å². The van der Waals surface area contributed by atoms with E-state index in [4.69, 9.17) is 10.5 Å². The van der Waals surface area contributed by atoms with E-state index in [1.807, 2.05) is 20.8 Å². The largest absolute Gasteiger partial charge is 0.378 e. The molecule has 2 amide bonds. The van der Waals surface area contributed by atoms with Crippen LogP contribution in [0.3, 0.4) is 0 Å². The van der Waals surface area contributed by atoms with Crippen LogP contribution in [-0.2, 0) is 14.3 Å². The van der Waals surface area contributed by atoms with Gasteiger partial charge in [-0.1, -0.05) is 6.92 Å². The van der Waals surface area contributed by atoms with E-state index in [0.29, 0.717) is 26.1 Å². The Hall–Kier alpha value is -1.10. The number of nitrogens with two attached hydrogens (primary N) is 1. The molecule has 0 unspecified atom stereocenters. The Morgan fingerprint density at radius 1 is 1.41 bits per heavy atom. The first kappa shape index (κ1) is 14.0. The molecule has 5 nitrogen and oxygen atoms in total. The summed E-state index contributed by atoms with van der Waals surface area (Å²) < 4.78 is 5.33. The summed E-state index contributed by atoms with van der Waals surface area (Å²) >= 11 is 0. The number of nitrogens with zero attached hydrogens (tertiary/aromatic N) is 1. The van der Waals surface area contributed by atoms with Gasteiger partial charge in [0, 0.05) is 13.1 Å². The van der Waals surface area contributed by atoms with Gasteiger partial charge in [-0.05, 0) is 19.8 Å². The molecule has 0 saturated carbocycles. The average Bonchev–Trinajstić information content (AvgIpc) is 2.59. The van der Waals surface area contributed by atoms with Crippen LogP contribution in [0, 0.1) is 11.8 Å². The maximum Gasteiger partial charge on any atom is 0.224 e. The van der Waals surface area contributed by atoms with Crippen LogP contribution in [0.15, 0.2) is 0 Å². The van der Waals surface area contributed by atoms with E-state index in [-0.39, 0.29) is 29.8 Å². The van der Waals surface area contributed by atoms with Crippen molar-refractivity contribution in [2.75, 3.05) is 19.7 Å². The quantitative estimate of drug-likeness (QED) is 0.757. The van der Waals surface area contributed by atoms with Crippen molar-refractivity contribution in [3.05, 3.63) is 0 Å². The van der Waals surface area contributed by atoms with Crippen LogP contribution in [0.1, 0.15) is 27.2 Å². The molecular weight excluding hydrogens is 220 g/mol. The number of hydrogen-bond acceptors (Lipinski definition) is 3. The summed E-state index contributed by atoms with van der Waals surface area (Å²) in [4.78, 5) is 24.7. The van der Waals surface area contributed by atoms with Gasteiger partial charge in [0.25, 0.3) is 0 Å². The van der Waals surface area contributed by atoms with Crippen molar-refractivity contribution >= 4 is 11.8 Å². The first-order valence-corrected chi connectivity index (χ1v) is 6.10. The first-order chi connectivity index (χ1) is 7.91. The Balaban J connectivity index is 2.37. The van der Waals surface area contributed by atoms with Gasteiger partial charge in [0.2, 0.25) is 11.8 Å². The van der Waals surface area contributed by atoms with Gasteiger partial charge >= 0.3 is 0 Å². The van der Waals surface area contributed by atoms with Crippen LogP contribution in [0.4, 0.5) is 0 Å². The van der Waals surface area contributed by atoms with E-state index in [2.05, 4.69) is 0 Å². The van der Waals surface area contributed by atoms with Gasteiger partial charge in [0.1, 0.15) is 0 Å². The summed E-state index contributed by atoms with van der Waals surface area (Å²) in [6, 6.07) is 0. The molecule has 0 aromatic heterocycles. The van der Waals surface area contributed by atoms with Gasteiger partial charge in [-0.2, -0.15) is 0 Å². The molecule has 2 atom stereocenters. The summed E-state index contributed by atoms with van der Waals surface area (Å²) in [5.74, 6) is -0.320. The summed E-state index contributed by atoms with van der Waals surface area (Å²) in [6.07, 6.45) is 0.509. The first-order valence-electron chi connectivity index (χ1n) is 6.10. The monoisotopic (exact) mass is 242 g/mol. The fraction of sp³-hybridized carbons (Fsp3) is 0.833. The predicted octanol–water partition coefficient (Wildman–Crippen LogP) is 0.381. The van der Waals surface area contributed by atoms with E-state index < -0.39 is 0 Å². The van der Waals surface area contributed by atoms with Crippen molar-refractivity contribution in [1.82, 2.24) is 4.90 Å². The summed E-state index contributed by atoms with van der Waals surface area (Å²) in [6.45, 7) is 7.33. The fourth-order valence-corrected chi connectivity index (χ4v) is 2.08. The second-order valence-electron chi connectivity index (χ2n) is 4.95. The Morgan fingerprint density at radius 2 is 2.06 bits per heavy atom. The fourth-order valence-electron chi connectivity index (χ4n) is 2.08. The summed E-state index contributed by atoms with van der Waals surface area (Å²) in [7, 11) is 0. The van der Waals surface area contributed by atoms with Gasteiger partial charge < -0.3 is 15.4 Å². The third-order valence-corrected chi connectivity index (χ3v) is 3.10. The van der Waals surface area contributed by atoms with Crippen LogP contribution in [0.2, 0.25) is 0 Å². The van der Waals surface area contributed by atoms with Crippen LogP contribution in [0.25, 0.3) is 0 Å². The molecule has 17 heavy (non-hydrogen) atoms. The second-order valence-corrected chi connectivity index (χ2v) is 4.95. The second kappa shape index (κ2) is 6.00. The van der Waals surface area contributed by atoms with Gasteiger partial charge in [-0.25, -0.2) is 0 Å². The molecule has 1 saturated heterocycles. The van der Waals surface area contributed by atoms with Crippen molar-refractivity contribution in [1.29, 1.82) is 0 Å². The zero-order valence-corrected chi connectivity index (χ0v) is 10.8. The minimum absolute atomic E-state index is 0.0428. The number of carbonyl (C=O) groups is 2. The highest BCUT2D eigenvalue weighted by atomic mass is 16.5. The molecule has 1 heterocycles. The Bertz CT molecular complexity index is 291. The van der Waals surface area contributed by atoms with Crippen LogP contribution >= 0.6 is 0 Å². The normalized spacial score (nSPS) is 24.4. The highest BCUT2D eigenvalue weighted by Crippen LogP contribution is 2.23. The lowest BCUT2D eigenvalue weighted by Gasteiger charge is -2.16. The Morgan fingerprint density at radius 3 is 2.53 bits per heavy atom. The van der Waals surface area contributed by atoms with Crippen molar-refractivity contribution in [2.45, 2.75) is 33.3 Å². The zero-order chi connectivity index (χ0) is 13.0. The zero-order valence-electron chi connectivity index (χ0n) is 10.8. The van der Waals surface area contributed by atoms with Gasteiger partial charge in [0.05, 0.1) is 25.0 Å². The van der Waals surface area contributed by atoms with Crippen LogP contribution < -0.4 is 5.73 Å². The lowest BCUT2D eigenvalue weighted by Crippen LogP contribution is -2.32. The number of rotatable bonds is 5. The molecule has 0 spiro atoms. The molecule has 98 valence electrons. The van der Waals surface area contributed by atoms with Crippen molar-refractivity contribution < 1.29 is 14.3 Å². The highest BCUT2D eigenvalue weighted by molar-refractivity contribution is 5.81. The van der Waals surface area contributed by atoms with Gasteiger partial charge in [-0.3, -0.25) is 9.59 Å². The minimum atomic E-state index is -0.314. The third-order valence-electron chi connectivity index (χ3n) is 3.10. The van der Waals surface area contributed by atoms with Gasteiger partial charge in [0.15, 0.2) is 0 Å². The van der Waals surface area contributed by atoms with E-state index in [1.54, 1.807) is 4.90 Å². The topological polar surface area (TPSA) is 72.6 Å². The van der Waals surface area contributed by atoms with E-state index in [0.717, 1.165) is 0 Å². The molecule has 0 aromatic rings. The number of carbonyl (C=O) groups excluding carboxylic acids is 2. The van der Waals surface area contributed by atoms with Crippen molar-refractivity contribution in [2.24, 2.45) is 17.6 Å². The molecule has 0 aliphatic carbocycles. The summed E-state index contributed by atoms with van der Waals surface area (Å²) in [5.41, 5.74) is 5.29. The SMILES string of the molecule is CC(C)OCCC(=O)N1C[C@@H](C)[C@H](C(N)=O)C1. The third kappa shape index (κ3) is 4.00. The molecule has 0 aromatic carbocycles. The molecule has 0 radical (unpaired) electrons. The number of likely N-dealkylation sites (tertiary alicyclic amines) is 1. The molecular formula is C12H22N2O3. The smallest absolute Gasteiger partial charge is 0.224 e. The number of amides is 2. The molecule has 5 heteroatoms. The average molecular weight is 242 g/mol. The summed E-state index contributed by atoms with van der Waals surface area (Å²) in [5, 5.41) is 0. The molecule has 0 bridgehead atoms. The Kier molecular flexibility index (Phi) is 4.93. The lowest BCUT2D eigenvalue weighted by molar-refractivity contribution is -0.132. The lowest BCUT2D eigenvalue weighted by atomic mass is 9.98. The number of ether oxygens (including phenoxy) is 1. The number of primary amides is 1. The molecule has 1 rings (SSSR count). The molecule has 1 aliphatic heterocycles. The standard InChI is InChI=1S/C12H22N2O3/c1-8(2)17-5-4-11(15)14-6-9(3)10(7-14)12(13)16/h8-10H,4-7H2,1-3H3,(H2,13,16)/t9-,10-/m1/s1. The maximum absolute atomic E-state index is 11.8. The van der Waals surface area contributed by atoms with E-state index >= 15 is 0 Å². The predicted molar refractivity (Wildman–Crippen MR) is 64.1 cm³/mol. The minimum Gasteiger partial charge on any atom is -0.378 e. The van der Waals surface area contributed by atoms with Crippen LogP contribution in [-0.4, -0.2) is 42.5 Å². The number of hydrogen-bond donors (Lipinski definition) is 1. The van der Waals surface area contributed by atoms with Crippen molar-refractivity contribution in [3.8, 4) is 0 Å². The van der Waals surface area contributed by atoms with Gasteiger partial charge in [-0.15, -0.1) is 0 Å². The molecule has 2 N–H and O–H groups in total. The molecule has 1 aliphatic rings. The maximum atomic E-state index is 11.8. The highest BCUT2D eigenvalue weighted by Gasteiger charge is 2.35.